The van der Waals surface area contributed by atoms with Crippen LogP contribution >= 0.6 is 0 Å². The van der Waals surface area contributed by atoms with Crippen LogP contribution in [0.25, 0.3) is 11.2 Å². The zero-order chi connectivity index (χ0) is 18.7. The molecule has 140 valence electrons. The summed E-state index contributed by atoms with van der Waals surface area (Å²) in [4.78, 5) is 37.7. The Labute approximate surface area is 152 Å². The Morgan fingerprint density at radius 1 is 1.27 bits per heavy atom. The molecule has 0 bridgehead atoms. The number of carbonyl (C=O) groups excluding carboxylic acids is 1. The molecule has 0 aliphatic carbocycles. The van der Waals surface area contributed by atoms with Gasteiger partial charge in [-0.1, -0.05) is 6.92 Å². The van der Waals surface area contributed by atoms with Crippen molar-refractivity contribution in [1.29, 1.82) is 0 Å². The Morgan fingerprint density at radius 2 is 2.00 bits per heavy atom. The minimum atomic E-state index is -0.129. The van der Waals surface area contributed by atoms with Crippen LogP contribution in [0.1, 0.15) is 27.2 Å². The van der Waals surface area contributed by atoms with Crippen molar-refractivity contribution in [3.63, 3.8) is 0 Å². The number of fused-ring (bicyclic) bond motifs is 1. The summed E-state index contributed by atoms with van der Waals surface area (Å²) in [5, 5.41) is 2.99. The molecule has 0 aromatic carbocycles. The van der Waals surface area contributed by atoms with E-state index in [2.05, 4.69) is 15.3 Å². The second-order valence-electron chi connectivity index (χ2n) is 6.56. The van der Waals surface area contributed by atoms with Crippen molar-refractivity contribution in [2.24, 2.45) is 0 Å². The third-order valence-corrected chi connectivity index (χ3v) is 4.85. The summed E-state index contributed by atoms with van der Waals surface area (Å²) in [6.45, 7) is 8.82. The average molecular weight is 358 g/mol. The molecule has 8 heteroatoms. The molecule has 1 atom stereocenters. The van der Waals surface area contributed by atoms with Crippen LogP contribution in [0, 0.1) is 0 Å². The van der Waals surface area contributed by atoms with E-state index in [0.29, 0.717) is 49.7 Å². The lowest BCUT2D eigenvalue weighted by Gasteiger charge is -2.35. The maximum atomic E-state index is 12.8. The first-order valence-corrected chi connectivity index (χ1v) is 9.21. The topological polar surface area (TPSA) is 83.4 Å². The predicted octanol–water partition coefficient (Wildman–Crippen LogP) is 1.44. The van der Waals surface area contributed by atoms with Crippen molar-refractivity contribution in [2.75, 3.05) is 31.1 Å². The van der Waals surface area contributed by atoms with Crippen molar-refractivity contribution < 1.29 is 4.79 Å². The number of amides is 2. The van der Waals surface area contributed by atoms with Crippen LogP contribution in [0.4, 0.5) is 10.6 Å². The highest BCUT2D eigenvalue weighted by molar-refractivity contribution is 5.75. The van der Waals surface area contributed by atoms with E-state index in [4.69, 9.17) is 0 Å². The van der Waals surface area contributed by atoms with Crippen LogP contribution in [0.2, 0.25) is 0 Å². The van der Waals surface area contributed by atoms with Gasteiger partial charge in [0, 0.05) is 45.0 Å². The Morgan fingerprint density at radius 3 is 2.65 bits per heavy atom. The number of rotatable bonds is 4. The maximum absolute atomic E-state index is 12.8. The molecule has 0 radical (unpaired) electrons. The van der Waals surface area contributed by atoms with E-state index in [-0.39, 0.29) is 17.6 Å². The van der Waals surface area contributed by atoms with Gasteiger partial charge in [0.2, 0.25) is 0 Å². The number of nitrogens with zero attached hydrogens (tertiary/aromatic N) is 5. The van der Waals surface area contributed by atoms with Crippen LogP contribution in [-0.4, -0.2) is 57.7 Å². The minimum absolute atomic E-state index is 0.0411. The van der Waals surface area contributed by atoms with E-state index < -0.39 is 0 Å². The number of urea groups is 1. The molecule has 3 rings (SSSR count). The fraction of sp³-hybridized carbons (Fsp3) is 0.556. The molecule has 2 aromatic rings. The van der Waals surface area contributed by atoms with Gasteiger partial charge >= 0.3 is 6.03 Å². The molecule has 1 unspecified atom stereocenters. The van der Waals surface area contributed by atoms with E-state index in [1.165, 1.54) is 0 Å². The summed E-state index contributed by atoms with van der Waals surface area (Å²) in [6, 6.07) is 3.81. The first-order valence-electron chi connectivity index (χ1n) is 9.21. The second-order valence-corrected chi connectivity index (χ2v) is 6.56. The smallest absolute Gasteiger partial charge is 0.317 e. The fourth-order valence-electron chi connectivity index (χ4n) is 3.09. The van der Waals surface area contributed by atoms with Crippen molar-refractivity contribution in [3.8, 4) is 0 Å². The Bertz CT molecular complexity index is 841. The van der Waals surface area contributed by atoms with Crippen LogP contribution in [-0.2, 0) is 6.54 Å². The minimum Gasteiger partial charge on any atom is -0.348 e. The molecule has 1 fully saturated rings. The molecule has 3 heterocycles. The number of aromatic nitrogens is 3. The van der Waals surface area contributed by atoms with Gasteiger partial charge in [0.25, 0.3) is 5.56 Å². The highest BCUT2D eigenvalue weighted by Gasteiger charge is 2.25. The van der Waals surface area contributed by atoms with Gasteiger partial charge < -0.3 is 15.1 Å². The first kappa shape index (κ1) is 18.2. The predicted molar refractivity (Wildman–Crippen MR) is 102 cm³/mol. The molecular weight excluding hydrogens is 332 g/mol. The normalized spacial score (nSPS) is 16.0. The third-order valence-electron chi connectivity index (χ3n) is 4.85. The highest BCUT2D eigenvalue weighted by Crippen LogP contribution is 2.14. The fourth-order valence-corrected chi connectivity index (χ4v) is 3.09. The molecule has 2 aromatic heterocycles. The summed E-state index contributed by atoms with van der Waals surface area (Å²) in [7, 11) is 0. The summed E-state index contributed by atoms with van der Waals surface area (Å²) >= 11 is 0. The molecule has 1 aliphatic heterocycles. The standard InChI is InChI=1S/C18H26N6O2/c1-4-13(3)20-18(26)23-11-9-22(10-12-23)16-17(25)24(5-2)15-14(21-16)7-6-8-19-15/h6-8,13H,4-5,9-12H2,1-3H3,(H,20,26). The number of nitrogens with one attached hydrogen (secondary N) is 1. The number of hydrogen-bond acceptors (Lipinski definition) is 5. The van der Waals surface area contributed by atoms with E-state index in [0.717, 1.165) is 6.42 Å². The van der Waals surface area contributed by atoms with Crippen LogP contribution in [0.3, 0.4) is 0 Å². The van der Waals surface area contributed by atoms with E-state index >= 15 is 0 Å². The Balaban J connectivity index is 1.79. The third kappa shape index (κ3) is 3.49. The lowest BCUT2D eigenvalue weighted by Crippen LogP contribution is -2.54. The van der Waals surface area contributed by atoms with Gasteiger partial charge in [0.15, 0.2) is 11.5 Å². The van der Waals surface area contributed by atoms with Crippen molar-refractivity contribution in [1.82, 2.24) is 24.8 Å². The number of carbonyl (C=O) groups is 1. The first-order chi connectivity index (χ1) is 12.5. The molecule has 2 amide bonds. The zero-order valence-corrected chi connectivity index (χ0v) is 15.6. The van der Waals surface area contributed by atoms with Gasteiger partial charge in [-0.05, 0) is 32.4 Å². The molecule has 1 N–H and O–H groups in total. The van der Waals surface area contributed by atoms with Gasteiger partial charge in [0.05, 0.1) is 0 Å². The molecular formula is C18H26N6O2. The summed E-state index contributed by atoms with van der Waals surface area (Å²) < 4.78 is 1.65. The number of anilines is 1. The molecule has 1 aliphatic rings. The van der Waals surface area contributed by atoms with Crippen LogP contribution in [0.5, 0.6) is 0 Å². The van der Waals surface area contributed by atoms with Crippen LogP contribution in [0.15, 0.2) is 23.1 Å². The van der Waals surface area contributed by atoms with Gasteiger partial charge in [-0.3, -0.25) is 9.36 Å². The van der Waals surface area contributed by atoms with Gasteiger partial charge in [-0.2, -0.15) is 0 Å². The number of aryl methyl sites for hydroxylation is 1. The number of piperazine rings is 1. The monoisotopic (exact) mass is 358 g/mol. The van der Waals surface area contributed by atoms with Crippen molar-refractivity contribution in [3.05, 3.63) is 28.7 Å². The molecule has 0 saturated carbocycles. The van der Waals surface area contributed by atoms with Gasteiger partial charge in [0.1, 0.15) is 5.52 Å². The molecule has 1 saturated heterocycles. The van der Waals surface area contributed by atoms with E-state index in [9.17, 15) is 9.59 Å². The quantitative estimate of drug-likeness (QED) is 0.894. The number of pyridine rings is 1. The summed E-state index contributed by atoms with van der Waals surface area (Å²) in [5.41, 5.74) is 1.19. The zero-order valence-electron chi connectivity index (χ0n) is 15.6. The maximum Gasteiger partial charge on any atom is 0.317 e. The Hall–Kier alpha value is -2.64. The molecule has 8 nitrogen and oxygen atoms in total. The van der Waals surface area contributed by atoms with Crippen LogP contribution < -0.4 is 15.8 Å². The van der Waals surface area contributed by atoms with Gasteiger partial charge in [-0.25, -0.2) is 14.8 Å². The SMILES string of the molecule is CCC(C)NC(=O)N1CCN(c2nc3cccnc3n(CC)c2=O)CC1. The van der Waals surface area contributed by atoms with E-state index in [1.54, 1.807) is 15.7 Å². The van der Waals surface area contributed by atoms with Gasteiger partial charge in [-0.15, -0.1) is 0 Å². The highest BCUT2D eigenvalue weighted by atomic mass is 16.2. The molecule has 26 heavy (non-hydrogen) atoms. The largest absolute Gasteiger partial charge is 0.348 e. The van der Waals surface area contributed by atoms with Crippen molar-refractivity contribution in [2.45, 2.75) is 39.8 Å². The van der Waals surface area contributed by atoms with E-state index in [1.807, 2.05) is 37.8 Å². The second kappa shape index (κ2) is 7.72. The number of hydrogen-bond donors (Lipinski definition) is 1. The summed E-state index contributed by atoms with van der Waals surface area (Å²) in [6.07, 6.45) is 2.57. The Kier molecular flexibility index (Phi) is 5.39. The lowest BCUT2D eigenvalue weighted by molar-refractivity contribution is 0.190. The van der Waals surface area contributed by atoms with Crippen molar-refractivity contribution >= 4 is 23.0 Å². The lowest BCUT2D eigenvalue weighted by atomic mass is 10.2. The summed E-state index contributed by atoms with van der Waals surface area (Å²) in [5.74, 6) is 0.439. The molecule has 0 spiro atoms. The average Bonchev–Trinajstić information content (AvgIpc) is 2.67.